The van der Waals surface area contributed by atoms with Gasteiger partial charge in [0.1, 0.15) is 11.9 Å². The van der Waals surface area contributed by atoms with Crippen molar-refractivity contribution >= 4 is 27.7 Å². The number of benzene rings is 1. The zero-order valence-electron chi connectivity index (χ0n) is 19.4. The lowest BCUT2D eigenvalue weighted by atomic mass is 9.73. The van der Waals surface area contributed by atoms with E-state index in [2.05, 4.69) is 23.9 Å². The van der Waals surface area contributed by atoms with Gasteiger partial charge >= 0.3 is 0 Å². The maximum atomic E-state index is 13.1. The standard InChI is InChI=1S/C23H37FN2O4S2.2H2/c1-5-20(22(27)13-17-7-6-15(2)12-16(17)3)25-23(28)21(26-32(4,29)30)14-31-19-10-8-18(24)9-11-19;;/h8-11,15-17,20-22,26-27H,5-7,12-14H2,1-4H3,(H,25,28);2*1H/t15?,16?,17?,20-,21+,22+;;/m0../s1. The van der Waals surface area contributed by atoms with Gasteiger partial charge in [0, 0.05) is 13.5 Å². The molecule has 0 heterocycles. The number of thioether (sulfide) groups is 1. The van der Waals surface area contributed by atoms with E-state index in [1.807, 2.05) is 6.92 Å². The first kappa shape index (κ1) is 27.1. The number of aliphatic hydroxyl groups excluding tert-OH is 1. The molecule has 0 radical (unpaired) electrons. The molecular weight excluding hydrogens is 451 g/mol. The maximum Gasteiger partial charge on any atom is 0.239 e. The summed E-state index contributed by atoms with van der Waals surface area (Å²) in [6.45, 7) is 6.38. The highest BCUT2D eigenvalue weighted by Crippen LogP contribution is 2.36. The van der Waals surface area contributed by atoms with Crippen molar-refractivity contribution in [3.05, 3.63) is 30.1 Å². The van der Waals surface area contributed by atoms with E-state index >= 15 is 0 Å². The van der Waals surface area contributed by atoms with Crippen LogP contribution in [0.3, 0.4) is 0 Å². The van der Waals surface area contributed by atoms with Crippen LogP contribution in [0, 0.1) is 23.6 Å². The Balaban J connectivity index is 0.00000544. The molecule has 0 saturated heterocycles. The molecule has 0 spiro atoms. The number of hydrogen-bond acceptors (Lipinski definition) is 5. The quantitative estimate of drug-likeness (QED) is 0.405. The first-order valence-corrected chi connectivity index (χ1v) is 14.2. The van der Waals surface area contributed by atoms with Crippen LogP contribution < -0.4 is 10.0 Å². The summed E-state index contributed by atoms with van der Waals surface area (Å²) in [6.07, 6.45) is 4.88. The van der Waals surface area contributed by atoms with Crippen LogP contribution in [0.1, 0.15) is 55.7 Å². The fraction of sp³-hybridized carbons (Fsp3) is 0.696. The third-order valence-corrected chi connectivity index (χ3v) is 8.11. The number of amides is 1. The number of nitrogens with one attached hydrogen (secondary N) is 2. The smallest absolute Gasteiger partial charge is 0.239 e. The van der Waals surface area contributed by atoms with Crippen LogP contribution >= 0.6 is 11.8 Å². The van der Waals surface area contributed by atoms with Crippen molar-refractivity contribution in [1.82, 2.24) is 10.0 Å². The van der Waals surface area contributed by atoms with Gasteiger partial charge in [0.15, 0.2) is 0 Å². The molecule has 0 bridgehead atoms. The van der Waals surface area contributed by atoms with E-state index in [1.165, 1.54) is 23.9 Å². The summed E-state index contributed by atoms with van der Waals surface area (Å²) in [7, 11) is -3.62. The van der Waals surface area contributed by atoms with Gasteiger partial charge in [-0.3, -0.25) is 4.79 Å². The van der Waals surface area contributed by atoms with Crippen LogP contribution in [0.2, 0.25) is 0 Å². The minimum Gasteiger partial charge on any atom is -0.391 e. The monoisotopic (exact) mass is 492 g/mol. The molecule has 186 valence electrons. The van der Waals surface area contributed by atoms with Crippen LogP contribution in [0.15, 0.2) is 29.2 Å². The Morgan fingerprint density at radius 3 is 2.50 bits per heavy atom. The molecule has 1 aliphatic carbocycles. The Labute approximate surface area is 199 Å². The molecule has 0 aromatic heterocycles. The first-order chi connectivity index (χ1) is 15.0. The van der Waals surface area contributed by atoms with Crippen molar-refractivity contribution in [3.8, 4) is 0 Å². The van der Waals surface area contributed by atoms with E-state index in [9.17, 15) is 22.7 Å². The van der Waals surface area contributed by atoms with Gasteiger partial charge in [-0.1, -0.05) is 27.2 Å². The Bertz CT molecular complexity index is 846. The van der Waals surface area contributed by atoms with Crippen LogP contribution in [0.4, 0.5) is 4.39 Å². The summed E-state index contributed by atoms with van der Waals surface area (Å²) in [5, 5.41) is 13.7. The molecule has 6 atom stereocenters. The molecule has 1 aromatic rings. The molecule has 3 N–H and O–H groups in total. The lowest BCUT2D eigenvalue weighted by Gasteiger charge is -2.35. The Morgan fingerprint density at radius 2 is 1.94 bits per heavy atom. The molecule has 1 aliphatic rings. The van der Waals surface area contributed by atoms with Crippen LogP contribution in [-0.2, 0) is 14.8 Å². The van der Waals surface area contributed by atoms with Crippen molar-refractivity contribution < 1.29 is 25.6 Å². The lowest BCUT2D eigenvalue weighted by Crippen LogP contribution is -2.53. The van der Waals surface area contributed by atoms with Gasteiger partial charge in [-0.15, -0.1) is 11.8 Å². The number of carbonyl (C=O) groups excluding carboxylic acids is 1. The highest BCUT2D eigenvalue weighted by Gasteiger charge is 2.31. The summed E-state index contributed by atoms with van der Waals surface area (Å²) in [5.74, 6) is 0.982. The second-order valence-electron chi connectivity index (χ2n) is 9.19. The lowest BCUT2D eigenvalue weighted by molar-refractivity contribution is -0.124. The Kier molecular flexibility index (Phi) is 10.4. The number of halogens is 1. The highest BCUT2D eigenvalue weighted by molar-refractivity contribution is 7.99. The van der Waals surface area contributed by atoms with E-state index in [0.29, 0.717) is 30.6 Å². The van der Waals surface area contributed by atoms with Gasteiger partial charge in [0.05, 0.1) is 18.4 Å². The van der Waals surface area contributed by atoms with E-state index in [1.54, 1.807) is 12.1 Å². The number of carbonyl (C=O) groups is 1. The van der Waals surface area contributed by atoms with E-state index in [-0.39, 0.29) is 14.4 Å². The number of sulfonamides is 1. The van der Waals surface area contributed by atoms with Crippen molar-refractivity contribution in [2.45, 2.75) is 76.0 Å². The van der Waals surface area contributed by atoms with Crippen LogP contribution in [0.25, 0.3) is 0 Å². The van der Waals surface area contributed by atoms with Crippen LogP contribution in [0.5, 0.6) is 0 Å². The predicted octanol–water partition coefficient (Wildman–Crippen LogP) is 4.05. The molecule has 1 aromatic carbocycles. The predicted molar refractivity (Wildman–Crippen MR) is 132 cm³/mol. The fourth-order valence-corrected chi connectivity index (χ4v) is 6.17. The molecule has 6 nitrogen and oxygen atoms in total. The van der Waals surface area contributed by atoms with Gasteiger partial charge in [0.25, 0.3) is 0 Å². The highest BCUT2D eigenvalue weighted by atomic mass is 32.2. The van der Waals surface area contributed by atoms with Gasteiger partial charge < -0.3 is 10.4 Å². The van der Waals surface area contributed by atoms with Crippen LogP contribution in [-0.4, -0.2) is 49.6 Å². The summed E-state index contributed by atoms with van der Waals surface area (Å²) in [5.41, 5.74) is 0. The number of rotatable bonds is 11. The average molecular weight is 493 g/mol. The van der Waals surface area contributed by atoms with E-state index < -0.39 is 34.1 Å². The topological polar surface area (TPSA) is 95.5 Å². The van der Waals surface area contributed by atoms with E-state index in [0.717, 1.165) is 30.4 Å². The first-order valence-electron chi connectivity index (χ1n) is 11.3. The Morgan fingerprint density at radius 1 is 1.28 bits per heavy atom. The van der Waals surface area contributed by atoms with Crippen molar-refractivity contribution in [3.63, 3.8) is 0 Å². The summed E-state index contributed by atoms with van der Waals surface area (Å²) >= 11 is 1.26. The molecular formula is C23H41FN2O4S2. The molecule has 1 saturated carbocycles. The van der Waals surface area contributed by atoms with E-state index in [4.69, 9.17) is 0 Å². The van der Waals surface area contributed by atoms with Gasteiger partial charge in [-0.2, -0.15) is 0 Å². The second kappa shape index (κ2) is 12.3. The van der Waals surface area contributed by atoms with Crippen molar-refractivity contribution in [1.29, 1.82) is 0 Å². The van der Waals surface area contributed by atoms with Gasteiger partial charge in [0.2, 0.25) is 15.9 Å². The summed E-state index contributed by atoms with van der Waals surface area (Å²) in [4.78, 5) is 13.7. The maximum absolute atomic E-state index is 13.1. The molecule has 2 rings (SSSR count). The van der Waals surface area contributed by atoms with Gasteiger partial charge in [-0.05, 0) is 67.7 Å². The summed E-state index contributed by atoms with van der Waals surface area (Å²) < 4.78 is 39.1. The third kappa shape index (κ3) is 9.00. The minimum absolute atomic E-state index is 0. The SMILES string of the molecule is CC[C@H](NC(=O)[C@@H](CSc1ccc(F)cc1)NS(C)(=O)=O)[C@H](O)CC1CCC(C)CC1C.[HH].[HH]. The molecule has 1 amide bonds. The zero-order valence-corrected chi connectivity index (χ0v) is 21.0. The van der Waals surface area contributed by atoms with Crippen molar-refractivity contribution in [2.75, 3.05) is 12.0 Å². The van der Waals surface area contributed by atoms with Crippen molar-refractivity contribution in [2.24, 2.45) is 17.8 Å². The largest absolute Gasteiger partial charge is 0.391 e. The molecule has 32 heavy (non-hydrogen) atoms. The molecule has 1 fully saturated rings. The molecule has 9 heteroatoms. The number of aliphatic hydroxyl groups is 1. The third-order valence-electron chi connectivity index (χ3n) is 6.29. The average Bonchev–Trinajstić information content (AvgIpc) is 2.71. The zero-order chi connectivity index (χ0) is 23.9. The minimum atomic E-state index is -3.62. The Hall–Kier alpha value is -1.16. The normalized spacial score (nSPS) is 24.5. The molecule has 3 unspecified atom stereocenters. The number of hydrogen-bond donors (Lipinski definition) is 3. The molecule has 0 aliphatic heterocycles. The second-order valence-corrected chi connectivity index (χ2v) is 12.1. The summed E-state index contributed by atoms with van der Waals surface area (Å²) in [6, 6.07) is 4.35. The fourth-order valence-electron chi connectivity index (χ4n) is 4.44. The van der Waals surface area contributed by atoms with Gasteiger partial charge in [-0.25, -0.2) is 17.5 Å².